The standard InChI is InChI=1S/C20H27NO3/c1-5-19-9-8-15(23-4)18-20(19,10-11-21-13(19)3)16-12(2)6-7-14(22)17(16)24-18/h5-7,13,15,18,21-22H,1,8-11H2,2-4H3/t13?,15?,18-,19+,20?/m0/s1. The van der Waals surface area contributed by atoms with Crippen LogP contribution in [0.2, 0.25) is 0 Å². The molecule has 1 aliphatic carbocycles. The average molecular weight is 329 g/mol. The van der Waals surface area contributed by atoms with E-state index in [9.17, 15) is 5.11 Å². The molecule has 4 nitrogen and oxygen atoms in total. The molecule has 1 saturated heterocycles. The normalized spacial score (nSPS) is 40.2. The summed E-state index contributed by atoms with van der Waals surface area (Å²) in [5.41, 5.74) is 2.05. The quantitative estimate of drug-likeness (QED) is 0.819. The molecule has 24 heavy (non-hydrogen) atoms. The molecule has 4 heteroatoms. The van der Waals surface area contributed by atoms with Crippen LogP contribution in [0, 0.1) is 12.3 Å². The zero-order valence-electron chi connectivity index (χ0n) is 14.8. The van der Waals surface area contributed by atoms with Gasteiger partial charge in [0.25, 0.3) is 0 Å². The van der Waals surface area contributed by atoms with Gasteiger partial charge in [-0.25, -0.2) is 0 Å². The minimum atomic E-state index is -0.198. The summed E-state index contributed by atoms with van der Waals surface area (Å²) in [5.74, 6) is 0.891. The summed E-state index contributed by atoms with van der Waals surface area (Å²) in [6.45, 7) is 9.55. The fourth-order valence-corrected chi connectivity index (χ4v) is 5.83. The van der Waals surface area contributed by atoms with Crippen LogP contribution in [-0.4, -0.2) is 37.0 Å². The van der Waals surface area contributed by atoms with Crippen molar-refractivity contribution in [2.75, 3.05) is 13.7 Å². The summed E-state index contributed by atoms with van der Waals surface area (Å²) >= 11 is 0. The lowest BCUT2D eigenvalue weighted by Crippen LogP contribution is -2.69. The maximum Gasteiger partial charge on any atom is 0.165 e. The lowest BCUT2D eigenvalue weighted by molar-refractivity contribution is -0.114. The van der Waals surface area contributed by atoms with E-state index in [1.807, 2.05) is 6.07 Å². The fraction of sp³-hybridized carbons (Fsp3) is 0.600. The number of methoxy groups -OCH3 is 1. The van der Waals surface area contributed by atoms with Crippen LogP contribution in [0.25, 0.3) is 0 Å². The van der Waals surface area contributed by atoms with Crippen molar-refractivity contribution in [2.24, 2.45) is 5.41 Å². The van der Waals surface area contributed by atoms with Crippen molar-refractivity contribution in [3.8, 4) is 11.5 Å². The molecule has 1 aromatic rings. The zero-order chi connectivity index (χ0) is 17.1. The van der Waals surface area contributed by atoms with Crippen LogP contribution in [-0.2, 0) is 10.2 Å². The van der Waals surface area contributed by atoms with Gasteiger partial charge in [-0.05, 0) is 51.3 Å². The van der Waals surface area contributed by atoms with Crippen molar-refractivity contribution < 1.29 is 14.6 Å². The van der Waals surface area contributed by atoms with Gasteiger partial charge in [0, 0.05) is 24.1 Å². The minimum Gasteiger partial charge on any atom is -0.504 e. The Kier molecular flexibility index (Phi) is 3.49. The first-order valence-corrected chi connectivity index (χ1v) is 8.91. The highest BCUT2D eigenvalue weighted by atomic mass is 16.5. The number of benzene rings is 1. The molecule has 0 radical (unpaired) electrons. The lowest BCUT2D eigenvalue weighted by Gasteiger charge is -2.60. The fourth-order valence-electron chi connectivity index (χ4n) is 5.83. The smallest absolute Gasteiger partial charge is 0.165 e. The van der Waals surface area contributed by atoms with Gasteiger partial charge in [0.05, 0.1) is 11.5 Å². The monoisotopic (exact) mass is 329 g/mol. The van der Waals surface area contributed by atoms with Crippen molar-refractivity contribution in [3.05, 3.63) is 35.9 Å². The third-order valence-electron chi connectivity index (χ3n) is 6.94. The molecule has 2 heterocycles. The molecule has 0 amide bonds. The molecule has 2 fully saturated rings. The van der Waals surface area contributed by atoms with Gasteiger partial charge in [-0.2, -0.15) is 0 Å². The molecule has 3 unspecified atom stereocenters. The average Bonchev–Trinajstić information content (AvgIpc) is 2.94. The SMILES string of the molecule is C=C[C@]12CCC(OC)[C@@H]3Oc4c(O)ccc(C)c4C31CCNC2C. The third kappa shape index (κ3) is 1.66. The molecular weight excluding hydrogens is 302 g/mol. The number of aromatic hydroxyl groups is 1. The summed E-state index contributed by atoms with van der Waals surface area (Å²) in [5, 5.41) is 14.1. The maximum atomic E-state index is 10.5. The Hall–Kier alpha value is -1.52. The van der Waals surface area contributed by atoms with Gasteiger partial charge in [-0.3, -0.25) is 0 Å². The van der Waals surface area contributed by atoms with E-state index in [1.165, 1.54) is 11.1 Å². The van der Waals surface area contributed by atoms with Crippen LogP contribution >= 0.6 is 0 Å². The molecule has 4 rings (SSSR count). The van der Waals surface area contributed by atoms with Gasteiger partial charge in [0.15, 0.2) is 11.5 Å². The molecule has 1 saturated carbocycles. The van der Waals surface area contributed by atoms with Crippen LogP contribution in [0.4, 0.5) is 0 Å². The minimum absolute atomic E-state index is 0.0366. The number of rotatable bonds is 2. The van der Waals surface area contributed by atoms with E-state index in [-0.39, 0.29) is 28.8 Å². The van der Waals surface area contributed by atoms with Crippen molar-refractivity contribution in [1.29, 1.82) is 0 Å². The molecular formula is C20H27NO3. The van der Waals surface area contributed by atoms with Crippen LogP contribution in [0.15, 0.2) is 24.8 Å². The molecule has 0 bridgehead atoms. The number of hydrogen-bond acceptors (Lipinski definition) is 4. The third-order valence-corrected chi connectivity index (χ3v) is 6.94. The largest absolute Gasteiger partial charge is 0.504 e. The second kappa shape index (κ2) is 5.24. The van der Waals surface area contributed by atoms with E-state index in [0.717, 1.165) is 25.8 Å². The Balaban J connectivity index is 2.03. The number of ether oxygens (including phenoxy) is 2. The first-order chi connectivity index (χ1) is 11.5. The highest BCUT2D eigenvalue weighted by molar-refractivity contribution is 5.60. The predicted molar refractivity (Wildman–Crippen MR) is 93.7 cm³/mol. The summed E-state index contributed by atoms with van der Waals surface area (Å²) in [6, 6.07) is 4.05. The molecule has 2 N–H and O–H groups in total. The van der Waals surface area contributed by atoms with Crippen molar-refractivity contribution in [1.82, 2.24) is 5.32 Å². The van der Waals surface area contributed by atoms with Gasteiger partial charge in [0.2, 0.25) is 0 Å². The topological polar surface area (TPSA) is 50.7 Å². The molecule has 2 aliphatic heterocycles. The van der Waals surface area contributed by atoms with Gasteiger partial charge in [0.1, 0.15) is 6.10 Å². The number of fused-ring (bicyclic) bond motifs is 1. The van der Waals surface area contributed by atoms with Gasteiger partial charge in [-0.15, -0.1) is 6.58 Å². The number of aryl methyl sites for hydroxylation is 1. The predicted octanol–water partition coefficient (Wildman–Crippen LogP) is 3.06. The molecule has 130 valence electrons. The number of hydrogen-bond donors (Lipinski definition) is 2. The van der Waals surface area contributed by atoms with E-state index >= 15 is 0 Å². The second-order valence-electron chi connectivity index (χ2n) is 7.60. The molecule has 1 aromatic carbocycles. The van der Waals surface area contributed by atoms with E-state index in [0.29, 0.717) is 11.8 Å². The van der Waals surface area contributed by atoms with E-state index in [2.05, 4.69) is 31.8 Å². The van der Waals surface area contributed by atoms with Gasteiger partial charge < -0.3 is 19.9 Å². The zero-order valence-corrected chi connectivity index (χ0v) is 14.8. The highest BCUT2D eigenvalue weighted by Crippen LogP contribution is 2.65. The highest BCUT2D eigenvalue weighted by Gasteiger charge is 2.68. The lowest BCUT2D eigenvalue weighted by atomic mass is 9.46. The summed E-state index contributed by atoms with van der Waals surface area (Å²) < 4.78 is 12.2. The Bertz CT molecular complexity index is 688. The van der Waals surface area contributed by atoms with Crippen LogP contribution < -0.4 is 10.1 Å². The van der Waals surface area contributed by atoms with Crippen molar-refractivity contribution >= 4 is 0 Å². The summed E-state index contributed by atoms with van der Waals surface area (Å²) in [7, 11) is 1.77. The number of phenolic OH excluding ortho intramolecular Hbond substituents is 1. The molecule has 3 aliphatic rings. The van der Waals surface area contributed by atoms with Gasteiger partial charge >= 0.3 is 0 Å². The van der Waals surface area contributed by atoms with Crippen LogP contribution in [0.5, 0.6) is 11.5 Å². The molecule has 0 aromatic heterocycles. The second-order valence-corrected chi connectivity index (χ2v) is 7.60. The van der Waals surface area contributed by atoms with Crippen LogP contribution in [0.3, 0.4) is 0 Å². The number of piperidine rings is 1. The van der Waals surface area contributed by atoms with Crippen LogP contribution in [0.1, 0.15) is 37.3 Å². The number of phenols is 1. The Morgan fingerprint density at radius 3 is 2.92 bits per heavy atom. The van der Waals surface area contributed by atoms with Gasteiger partial charge in [-0.1, -0.05) is 12.1 Å². The van der Waals surface area contributed by atoms with E-state index < -0.39 is 0 Å². The summed E-state index contributed by atoms with van der Waals surface area (Å²) in [4.78, 5) is 0. The Morgan fingerprint density at radius 1 is 1.42 bits per heavy atom. The molecule has 1 spiro atoms. The van der Waals surface area contributed by atoms with Crippen molar-refractivity contribution in [3.63, 3.8) is 0 Å². The first-order valence-electron chi connectivity index (χ1n) is 8.91. The Labute approximate surface area is 143 Å². The number of nitrogens with one attached hydrogen (secondary N) is 1. The maximum absolute atomic E-state index is 10.5. The summed E-state index contributed by atoms with van der Waals surface area (Å²) in [6.07, 6.45) is 5.01. The first kappa shape index (κ1) is 16.0. The Morgan fingerprint density at radius 2 is 2.21 bits per heavy atom. The van der Waals surface area contributed by atoms with Crippen molar-refractivity contribution in [2.45, 2.75) is 56.8 Å². The van der Waals surface area contributed by atoms with E-state index in [1.54, 1.807) is 13.2 Å². The molecule has 5 atom stereocenters. The van der Waals surface area contributed by atoms with E-state index in [4.69, 9.17) is 9.47 Å².